The van der Waals surface area contributed by atoms with E-state index in [0.29, 0.717) is 11.5 Å². The van der Waals surface area contributed by atoms with E-state index in [2.05, 4.69) is 5.32 Å². The maximum atomic E-state index is 11.5. The number of anilines is 1. The molecular formula is C16H23NO2S. The van der Waals surface area contributed by atoms with Crippen molar-refractivity contribution in [1.82, 2.24) is 0 Å². The highest BCUT2D eigenvalue weighted by Crippen LogP contribution is 2.30. The third-order valence-corrected chi connectivity index (χ3v) is 4.79. The summed E-state index contributed by atoms with van der Waals surface area (Å²) in [5, 5.41) is 12.8. The number of carboxylic acids is 1. The summed E-state index contributed by atoms with van der Waals surface area (Å²) in [6.45, 7) is 2.93. The van der Waals surface area contributed by atoms with Gasteiger partial charge >= 0.3 is 5.97 Å². The molecule has 0 atom stereocenters. The van der Waals surface area contributed by atoms with Crippen molar-refractivity contribution >= 4 is 23.4 Å². The number of aromatic carboxylic acids is 1. The Labute approximate surface area is 125 Å². The van der Waals surface area contributed by atoms with Crippen molar-refractivity contribution in [3.05, 3.63) is 23.8 Å². The zero-order valence-electron chi connectivity index (χ0n) is 12.0. The summed E-state index contributed by atoms with van der Waals surface area (Å²) in [6, 6.07) is 5.71. The fraction of sp³-hybridized carbons (Fsp3) is 0.562. The second-order valence-corrected chi connectivity index (χ2v) is 6.61. The highest BCUT2D eigenvalue weighted by Gasteiger charge is 2.17. The Morgan fingerprint density at radius 3 is 2.75 bits per heavy atom. The van der Waals surface area contributed by atoms with Crippen LogP contribution in [-0.2, 0) is 0 Å². The molecule has 20 heavy (non-hydrogen) atoms. The minimum atomic E-state index is -0.840. The van der Waals surface area contributed by atoms with E-state index in [0.717, 1.165) is 22.9 Å². The molecule has 3 nitrogen and oxygen atoms in total. The van der Waals surface area contributed by atoms with Gasteiger partial charge in [-0.3, -0.25) is 0 Å². The average Bonchev–Trinajstić information content (AvgIpc) is 2.46. The number of carboxylic acid groups (broad SMARTS) is 1. The lowest BCUT2D eigenvalue weighted by Gasteiger charge is -2.23. The first-order valence-corrected chi connectivity index (χ1v) is 8.44. The molecule has 110 valence electrons. The van der Waals surface area contributed by atoms with E-state index < -0.39 is 5.97 Å². The third kappa shape index (κ3) is 3.92. The first-order valence-electron chi connectivity index (χ1n) is 7.45. The minimum absolute atomic E-state index is 0.426. The van der Waals surface area contributed by atoms with Crippen LogP contribution < -0.4 is 5.32 Å². The van der Waals surface area contributed by atoms with Crippen LogP contribution in [0.25, 0.3) is 0 Å². The number of rotatable bonds is 6. The fourth-order valence-electron chi connectivity index (χ4n) is 2.82. The molecular weight excluding hydrogens is 270 g/mol. The molecule has 0 spiro atoms. The van der Waals surface area contributed by atoms with Crippen LogP contribution in [0.15, 0.2) is 23.1 Å². The monoisotopic (exact) mass is 293 g/mol. The molecule has 0 amide bonds. The zero-order valence-corrected chi connectivity index (χ0v) is 12.8. The van der Waals surface area contributed by atoms with E-state index in [9.17, 15) is 9.90 Å². The Hall–Kier alpha value is -1.16. The van der Waals surface area contributed by atoms with E-state index in [-0.39, 0.29) is 0 Å². The molecule has 2 N–H and O–H groups in total. The largest absolute Gasteiger partial charge is 0.478 e. The molecule has 0 unspecified atom stereocenters. The van der Waals surface area contributed by atoms with Crippen molar-refractivity contribution in [2.45, 2.75) is 43.9 Å². The summed E-state index contributed by atoms with van der Waals surface area (Å²) < 4.78 is 0. The molecule has 0 radical (unpaired) electrons. The molecule has 0 aliphatic heterocycles. The number of nitrogens with one attached hydrogen (secondary N) is 1. The Kier molecular flexibility index (Phi) is 5.77. The van der Waals surface area contributed by atoms with Crippen molar-refractivity contribution < 1.29 is 9.90 Å². The molecule has 0 heterocycles. The van der Waals surface area contributed by atoms with Crippen LogP contribution in [0.5, 0.6) is 0 Å². The Morgan fingerprint density at radius 2 is 2.10 bits per heavy atom. The third-order valence-electron chi connectivity index (χ3n) is 3.85. The predicted molar refractivity (Wildman–Crippen MR) is 84.9 cm³/mol. The van der Waals surface area contributed by atoms with Crippen molar-refractivity contribution in [3.63, 3.8) is 0 Å². The maximum absolute atomic E-state index is 11.5. The molecule has 0 aromatic heterocycles. The summed E-state index contributed by atoms with van der Waals surface area (Å²) in [7, 11) is 0. The summed E-state index contributed by atoms with van der Waals surface area (Å²) in [5.41, 5.74) is 1.19. The van der Waals surface area contributed by atoms with Crippen LogP contribution in [0.3, 0.4) is 0 Å². The van der Waals surface area contributed by atoms with Crippen LogP contribution in [0.4, 0.5) is 5.69 Å². The molecule has 2 rings (SSSR count). The van der Waals surface area contributed by atoms with Gasteiger partial charge in [-0.2, -0.15) is 0 Å². The molecule has 1 fully saturated rings. The van der Waals surface area contributed by atoms with Gasteiger partial charge in [0.2, 0.25) is 0 Å². The Morgan fingerprint density at radius 1 is 1.35 bits per heavy atom. The van der Waals surface area contributed by atoms with E-state index in [1.807, 2.05) is 25.1 Å². The van der Waals surface area contributed by atoms with Crippen molar-refractivity contribution in [2.75, 3.05) is 17.6 Å². The lowest BCUT2D eigenvalue weighted by molar-refractivity contribution is 0.0694. The Balaban J connectivity index is 2.09. The van der Waals surface area contributed by atoms with Gasteiger partial charge in [0.1, 0.15) is 0 Å². The van der Waals surface area contributed by atoms with Gasteiger partial charge in [0.25, 0.3) is 0 Å². The maximum Gasteiger partial charge on any atom is 0.338 e. The van der Waals surface area contributed by atoms with Gasteiger partial charge in [0.05, 0.1) is 5.56 Å². The SMILES string of the molecule is CCSc1cccc(NCC2CCCCC2)c1C(=O)O. The molecule has 1 aromatic rings. The van der Waals surface area contributed by atoms with Crippen LogP contribution in [-0.4, -0.2) is 23.4 Å². The molecule has 1 aliphatic carbocycles. The standard InChI is InChI=1S/C16H23NO2S/c1-2-20-14-10-6-9-13(15(14)16(18)19)17-11-12-7-4-3-5-8-12/h6,9-10,12,17H,2-5,7-8,11H2,1H3,(H,18,19). The lowest BCUT2D eigenvalue weighted by atomic mass is 9.89. The molecule has 0 saturated heterocycles. The second kappa shape index (κ2) is 7.58. The van der Waals surface area contributed by atoms with Crippen LogP contribution in [0.1, 0.15) is 49.4 Å². The van der Waals surface area contributed by atoms with Gasteiger partial charge in [-0.25, -0.2) is 4.79 Å². The molecule has 0 bridgehead atoms. The first-order chi connectivity index (χ1) is 9.72. The summed E-state index contributed by atoms with van der Waals surface area (Å²) in [4.78, 5) is 12.4. The van der Waals surface area contributed by atoms with Crippen LogP contribution >= 0.6 is 11.8 Å². The van der Waals surface area contributed by atoms with Crippen molar-refractivity contribution in [3.8, 4) is 0 Å². The Bertz CT molecular complexity index is 456. The highest BCUT2D eigenvalue weighted by molar-refractivity contribution is 7.99. The van der Waals surface area contributed by atoms with Gasteiger partial charge in [0.15, 0.2) is 0 Å². The summed E-state index contributed by atoms with van der Waals surface area (Å²) in [5.74, 6) is 0.729. The predicted octanol–water partition coefficient (Wildman–Crippen LogP) is 4.49. The van der Waals surface area contributed by atoms with E-state index >= 15 is 0 Å². The lowest BCUT2D eigenvalue weighted by Crippen LogP contribution is -2.18. The van der Waals surface area contributed by atoms with Gasteiger partial charge in [-0.1, -0.05) is 32.3 Å². The quantitative estimate of drug-likeness (QED) is 0.759. The van der Waals surface area contributed by atoms with Crippen molar-refractivity contribution in [2.24, 2.45) is 5.92 Å². The first kappa shape index (κ1) is 15.2. The molecule has 1 aliphatic rings. The molecule has 1 saturated carbocycles. The van der Waals surface area contributed by atoms with Gasteiger partial charge in [0, 0.05) is 17.1 Å². The highest BCUT2D eigenvalue weighted by atomic mass is 32.2. The van der Waals surface area contributed by atoms with Crippen molar-refractivity contribution in [1.29, 1.82) is 0 Å². The number of thioether (sulfide) groups is 1. The zero-order chi connectivity index (χ0) is 14.4. The summed E-state index contributed by atoms with van der Waals surface area (Å²) in [6.07, 6.45) is 6.49. The van der Waals surface area contributed by atoms with Gasteiger partial charge in [-0.05, 0) is 36.6 Å². The number of hydrogen-bond donors (Lipinski definition) is 2. The van der Waals surface area contributed by atoms with E-state index in [4.69, 9.17) is 0 Å². The van der Waals surface area contributed by atoms with E-state index in [1.165, 1.54) is 32.1 Å². The number of carbonyl (C=O) groups is 1. The second-order valence-electron chi connectivity index (χ2n) is 5.30. The van der Waals surface area contributed by atoms with Gasteiger partial charge in [-0.15, -0.1) is 11.8 Å². The topological polar surface area (TPSA) is 49.3 Å². The summed E-state index contributed by atoms with van der Waals surface area (Å²) >= 11 is 1.59. The van der Waals surface area contributed by atoms with E-state index in [1.54, 1.807) is 11.8 Å². The molecule has 4 heteroatoms. The minimum Gasteiger partial charge on any atom is -0.478 e. The smallest absolute Gasteiger partial charge is 0.338 e. The normalized spacial score (nSPS) is 16.1. The fourth-order valence-corrected chi connectivity index (χ4v) is 3.65. The average molecular weight is 293 g/mol. The van der Waals surface area contributed by atoms with Crippen LogP contribution in [0.2, 0.25) is 0 Å². The van der Waals surface area contributed by atoms with Gasteiger partial charge < -0.3 is 10.4 Å². The molecule has 1 aromatic carbocycles. The van der Waals surface area contributed by atoms with Crippen LogP contribution in [0, 0.1) is 5.92 Å². The number of benzene rings is 1. The number of hydrogen-bond acceptors (Lipinski definition) is 3.